The number of likely N-dealkylation sites (N-methyl/N-ethyl adjacent to an activating group) is 1. The summed E-state index contributed by atoms with van der Waals surface area (Å²) >= 11 is 0. The van der Waals surface area contributed by atoms with Crippen molar-refractivity contribution in [2.75, 3.05) is 49.0 Å². The summed E-state index contributed by atoms with van der Waals surface area (Å²) in [4.78, 5) is 70.3. The van der Waals surface area contributed by atoms with Crippen LogP contribution in [0.4, 0.5) is 27.9 Å². The molecule has 0 bridgehead atoms. The Balaban J connectivity index is 0.759. The highest BCUT2D eigenvalue weighted by Gasteiger charge is 2.43. The molecule has 1 saturated heterocycles. The Morgan fingerprint density at radius 1 is 0.975 bits per heavy atom. The van der Waals surface area contributed by atoms with E-state index in [2.05, 4.69) is 68.7 Å². The van der Waals surface area contributed by atoms with E-state index in [1.54, 1.807) is 51.7 Å². The number of methoxy groups -OCH3 is 1. The zero-order chi connectivity index (χ0) is 55.9. The number of piperidine rings is 1. The van der Waals surface area contributed by atoms with Crippen LogP contribution in [0.5, 0.6) is 5.75 Å². The number of rotatable bonds is 19. The van der Waals surface area contributed by atoms with Gasteiger partial charge in [-0.15, -0.1) is 5.10 Å². The highest BCUT2D eigenvalue weighted by molar-refractivity contribution is 8.77. The largest absolute Gasteiger partial charge is 0.495 e. The van der Waals surface area contributed by atoms with Crippen LogP contribution in [0.3, 0.4) is 0 Å². The Hall–Kier alpha value is -6.70. The highest BCUT2D eigenvalue weighted by atomic mass is 33.1. The van der Waals surface area contributed by atoms with Crippen LogP contribution in [-0.4, -0.2) is 133 Å². The molecule has 2 saturated carbocycles. The van der Waals surface area contributed by atoms with Gasteiger partial charge in [0, 0.05) is 71.9 Å². The van der Waals surface area contributed by atoms with Crippen molar-refractivity contribution in [3.05, 3.63) is 95.8 Å². The number of aromatic nitrogens is 5. The lowest BCUT2D eigenvalue weighted by atomic mass is 9.90. The second kappa shape index (κ2) is 25.8. The summed E-state index contributed by atoms with van der Waals surface area (Å²) in [7, 11) is 6.77. The third kappa shape index (κ3) is 12.6. The summed E-state index contributed by atoms with van der Waals surface area (Å²) in [6.45, 7) is 7.43. The van der Waals surface area contributed by atoms with Gasteiger partial charge in [0.1, 0.15) is 35.5 Å². The average Bonchev–Trinajstić information content (AvgIpc) is 4.31. The smallest absolute Gasteiger partial charge is 0.410 e. The number of hydrogen-bond acceptors (Lipinski definition) is 17. The minimum atomic E-state index is -0.966. The fourth-order valence-corrected chi connectivity index (χ4v) is 13.9. The zero-order valence-electron chi connectivity index (χ0n) is 46.1. The molecule has 5 aromatic rings. The number of benzene rings is 3. The summed E-state index contributed by atoms with van der Waals surface area (Å²) < 4.78 is 20.1. The van der Waals surface area contributed by atoms with Gasteiger partial charge < -0.3 is 39.3 Å². The van der Waals surface area contributed by atoms with E-state index < -0.39 is 12.3 Å². The number of nitrogens with zero attached hydrogens (tertiary/aromatic N) is 9. The molecule has 5 aliphatic rings. The van der Waals surface area contributed by atoms with Crippen LogP contribution < -0.4 is 25.2 Å². The molecule has 2 aromatic heterocycles. The van der Waals surface area contributed by atoms with Gasteiger partial charge >= 0.3 is 6.09 Å². The van der Waals surface area contributed by atoms with Crippen LogP contribution in [0.25, 0.3) is 11.3 Å². The number of ether oxygens (including phenoxy) is 3. The van der Waals surface area contributed by atoms with Crippen molar-refractivity contribution in [1.29, 1.82) is 0 Å². The number of nitrogens with one attached hydrogen (secondary N) is 2. The van der Waals surface area contributed by atoms with Crippen LogP contribution in [0.1, 0.15) is 127 Å². The number of hydrogen-bond donors (Lipinski definition) is 3. The van der Waals surface area contributed by atoms with E-state index in [1.165, 1.54) is 0 Å². The first kappa shape index (κ1) is 56.6. The van der Waals surface area contributed by atoms with Gasteiger partial charge in [0.2, 0.25) is 23.7 Å². The number of imide groups is 1. The van der Waals surface area contributed by atoms with Gasteiger partial charge in [-0.05, 0) is 101 Å². The minimum absolute atomic E-state index is 0.0287. The standard InChI is InChI=1S/C59H71N11O8S2/c1-6-49-57(74)66(4)51-34-60-58(63-54(51)70(49)43-17-10-11-18-43)61-47-27-22-40(33-52(47)76-5)48-36-69(65-64-48)42-25-23-41(24-26-42)67(59(75)78-37(2)38(3)79-80-44-19-8-7-9-20-44)30-32-77-31-13-12-15-39-16-14-21-45-46(39)35-68(56(45)73)50-28-29-53(71)62-55(50)72/h7-9,14,16,19-22,27,33-34,36-38,41-43,49-50,56,73H,6,10-11,13,17-18,23-26,28-32,35H2,1-5H3,(H,60,61,63)(H,62,71,72)/t37?,38?,41-,42+,49-,50?,56?/m1/s1. The topological polar surface area (TPSA) is 210 Å². The fraction of sp³-hybridized carbons (Fsp3) is 0.492. The monoisotopic (exact) mass is 1130 g/mol. The van der Waals surface area contributed by atoms with E-state index in [0.717, 1.165) is 78.8 Å². The summed E-state index contributed by atoms with van der Waals surface area (Å²) in [5, 5.41) is 26.1. The Bertz CT molecular complexity index is 3090. The third-order valence-corrected chi connectivity index (χ3v) is 19.2. The Morgan fingerprint density at radius 3 is 2.54 bits per heavy atom. The minimum Gasteiger partial charge on any atom is -0.495 e. The van der Waals surface area contributed by atoms with Crippen LogP contribution >= 0.6 is 21.6 Å². The third-order valence-electron chi connectivity index (χ3n) is 16.2. The van der Waals surface area contributed by atoms with Crippen molar-refractivity contribution in [2.24, 2.45) is 0 Å². The van der Waals surface area contributed by atoms with E-state index in [9.17, 15) is 24.3 Å². The molecule has 2 aliphatic carbocycles. The molecule has 0 radical (unpaired) electrons. The van der Waals surface area contributed by atoms with Crippen molar-refractivity contribution >= 4 is 68.5 Å². The van der Waals surface area contributed by atoms with Gasteiger partial charge in [-0.3, -0.25) is 24.6 Å². The Kier molecular flexibility index (Phi) is 18.3. The molecule has 21 heteroatoms. The molecule has 5 atom stereocenters. The average molecular weight is 1130 g/mol. The summed E-state index contributed by atoms with van der Waals surface area (Å²) in [5.41, 5.74) is 5.29. The fourth-order valence-electron chi connectivity index (χ4n) is 11.6. The van der Waals surface area contributed by atoms with Crippen molar-refractivity contribution in [3.8, 4) is 28.8 Å². The normalized spacial score (nSPS) is 22.0. The van der Waals surface area contributed by atoms with Crippen molar-refractivity contribution in [3.63, 3.8) is 0 Å². The molecule has 5 heterocycles. The predicted molar refractivity (Wildman–Crippen MR) is 308 cm³/mol. The molecular formula is C59H71N11O8S2. The summed E-state index contributed by atoms with van der Waals surface area (Å²) in [6.07, 6.45) is 11.1. The number of aliphatic hydroxyl groups excluding tert-OH is 1. The van der Waals surface area contributed by atoms with Crippen LogP contribution in [0.2, 0.25) is 0 Å². The molecule has 10 rings (SSSR count). The van der Waals surface area contributed by atoms with Crippen LogP contribution in [0, 0.1) is 11.8 Å². The van der Waals surface area contributed by atoms with Crippen LogP contribution in [0.15, 0.2) is 84.0 Å². The maximum absolute atomic E-state index is 14.2. The molecule has 422 valence electrons. The van der Waals surface area contributed by atoms with E-state index in [4.69, 9.17) is 19.2 Å². The van der Waals surface area contributed by atoms with E-state index in [0.29, 0.717) is 79.9 Å². The highest BCUT2D eigenvalue weighted by Crippen LogP contribution is 2.42. The number of amides is 4. The lowest BCUT2D eigenvalue weighted by molar-refractivity contribution is -0.141. The molecule has 3 aromatic carbocycles. The molecule has 80 heavy (non-hydrogen) atoms. The van der Waals surface area contributed by atoms with Crippen molar-refractivity contribution in [1.82, 2.24) is 40.1 Å². The lowest BCUT2D eigenvalue weighted by Gasteiger charge is -2.43. The van der Waals surface area contributed by atoms with Crippen molar-refractivity contribution < 1.29 is 38.5 Å². The van der Waals surface area contributed by atoms with Crippen molar-refractivity contribution in [2.45, 2.75) is 157 Å². The molecule has 0 spiro atoms. The van der Waals surface area contributed by atoms with Gasteiger partial charge in [-0.2, -0.15) is 4.98 Å². The number of carbonyl (C=O) groups excluding carboxylic acids is 4. The Labute approximate surface area is 475 Å². The second-order valence-corrected chi connectivity index (χ2v) is 23.8. The Morgan fingerprint density at radius 2 is 1.77 bits per heavy atom. The number of aliphatic hydroxyl groups is 1. The van der Waals surface area contributed by atoms with Gasteiger partial charge in [-0.25, -0.2) is 14.5 Å². The van der Waals surface area contributed by atoms with Gasteiger partial charge in [0.15, 0.2) is 5.82 Å². The molecule has 3 aliphatic heterocycles. The first-order valence-corrected chi connectivity index (χ1v) is 30.2. The zero-order valence-corrected chi connectivity index (χ0v) is 47.7. The van der Waals surface area contributed by atoms with Gasteiger partial charge in [0.25, 0.3) is 0 Å². The first-order valence-electron chi connectivity index (χ1n) is 28.0. The summed E-state index contributed by atoms with van der Waals surface area (Å²) in [5.74, 6) is 7.63. The van der Waals surface area contributed by atoms with Gasteiger partial charge in [0.05, 0.1) is 50.5 Å². The van der Waals surface area contributed by atoms with E-state index in [-0.39, 0.29) is 65.8 Å². The van der Waals surface area contributed by atoms with Gasteiger partial charge in [-0.1, -0.05) is 94.8 Å². The maximum Gasteiger partial charge on any atom is 0.410 e. The second-order valence-electron chi connectivity index (χ2n) is 21.2. The molecule has 3 fully saturated rings. The van der Waals surface area contributed by atoms with E-state index in [1.807, 2.05) is 77.3 Å². The SMILES string of the molecule is CC[C@@H]1C(=O)N(C)c2cnc(Nc3ccc(-c4cn([C@H]5CC[C@@H](N(CCOCCC#Cc6cccc7c6CN(C6CCC(=O)NC6=O)C7O)C(=O)OC(C)C(C)SSc6ccccc6)CC5)nn4)cc3OC)nc2N1C1CCCC1. The molecule has 4 amide bonds. The number of fused-ring (bicyclic) bond motifs is 2. The molecule has 4 unspecified atom stereocenters. The number of anilines is 4. The lowest BCUT2D eigenvalue weighted by Crippen LogP contribution is -2.55. The summed E-state index contributed by atoms with van der Waals surface area (Å²) in [6, 6.07) is 21.0. The molecule has 3 N–H and O–H groups in total. The van der Waals surface area contributed by atoms with Crippen LogP contribution in [-0.2, 0) is 30.4 Å². The molecular weight excluding hydrogens is 1050 g/mol. The maximum atomic E-state index is 14.2. The van der Waals surface area contributed by atoms with E-state index >= 15 is 0 Å². The quantitative estimate of drug-likeness (QED) is 0.0305. The number of carbonyl (C=O) groups is 4. The predicted octanol–water partition coefficient (Wildman–Crippen LogP) is 9.20. The first-order chi connectivity index (χ1) is 38.9. The molecule has 19 nitrogen and oxygen atoms in total.